The summed E-state index contributed by atoms with van der Waals surface area (Å²) in [4.78, 5) is 12.5. The van der Waals surface area contributed by atoms with Crippen molar-refractivity contribution in [1.29, 1.82) is 0 Å². The predicted octanol–water partition coefficient (Wildman–Crippen LogP) is 22.1. The molecule has 0 aliphatic heterocycles. The Morgan fingerprint density at radius 2 is 0.592 bits per heavy atom. The van der Waals surface area contributed by atoms with Gasteiger partial charge in [0.1, 0.15) is 0 Å². The highest BCUT2D eigenvalue weighted by atomic mass is 16.3. The molecule has 4 nitrogen and oxygen atoms in total. The molecular weight excluding hydrogens is 927 g/mol. The van der Waals surface area contributed by atoms with E-state index in [4.69, 9.17) is 0 Å². The van der Waals surface area contributed by atoms with Crippen molar-refractivity contribution >= 4 is 5.91 Å². The van der Waals surface area contributed by atoms with E-state index in [0.29, 0.717) is 6.42 Å². The van der Waals surface area contributed by atoms with Gasteiger partial charge in [0.15, 0.2) is 0 Å². The smallest absolute Gasteiger partial charge is 0.220 e. The van der Waals surface area contributed by atoms with Crippen LogP contribution in [0.15, 0.2) is 134 Å². The average Bonchev–Trinajstić information content (AvgIpc) is 3.42. The number of unbranched alkanes of at least 4 members (excludes halogenated alkanes) is 31. The summed E-state index contributed by atoms with van der Waals surface area (Å²) in [5.74, 6) is -0.0961. The zero-order valence-electron chi connectivity index (χ0n) is 50.0. The lowest BCUT2D eigenvalue weighted by Crippen LogP contribution is -2.45. The summed E-state index contributed by atoms with van der Waals surface area (Å²) in [5, 5.41) is 23.2. The number of aliphatic hydroxyl groups is 2. The molecule has 76 heavy (non-hydrogen) atoms. The lowest BCUT2D eigenvalue weighted by atomic mass is 10.0. The van der Waals surface area contributed by atoms with Gasteiger partial charge in [0.2, 0.25) is 5.91 Å². The molecule has 0 radical (unpaired) electrons. The van der Waals surface area contributed by atoms with Crippen molar-refractivity contribution in [3.05, 3.63) is 134 Å². The lowest BCUT2D eigenvalue weighted by molar-refractivity contribution is -0.123. The van der Waals surface area contributed by atoms with Gasteiger partial charge in [-0.15, -0.1) is 0 Å². The second kappa shape index (κ2) is 65.8. The average molecular weight is 1050 g/mol. The lowest BCUT2D eigenvalue weighted by Gasteiger charge is -2.19. The highest BCUT2D eigenvalue weighted by Crippen LogP contribution is 2.16. The monoisotopic (exact) mass is 1050 g/mol. The normalized spacial score (nSPS) is 13.7. The Morgan fingerprint density at radius 1 is 0.329 bits per heavy atom. The molecule has 0 aromatic carbocycles. The quantitative estimate of drug-likeness (QED) is 0.0420. The van der Waals surface area contributed by atoms with Crippen LogP contribution in [0, 0.1) is 0 Å². The van der Waals surface area contributed by atoms with Crippen LogP contribution in [0.25, 0.3) is 0 Å². The van der Waals surface area contributed by atoms with E-state index in [-0.39, 0.29) is 12.5 Å². The number of carbonyl (C=O) groups is 1. The Kier molecular flexibility index (Phi) is 62.8. The number of rotatable bonds is 58. The first kappa shape index (κ1) is 72.5. The van der Waals surface area contributed by atoms with E-state index in [1.807, 2.05) is 6.08 Å². The third-order valence-corrected chi connectivity index (χ3v) is 14.1. The fraction of sp³-hybridized carbons (Fsp3) is 0.681. The van der Waals surface area contributed by atoms with E-state index in [1.54, 1.807) is 6.08 Å². The van der Waals surface area contributed by atoms with E-state index in [0.717, 1.165) is 103 Å². The molecule has 0 saturated heterocycles. The number of carbonyl (C=O) groups excluding carboxylic acids is 1. The molecule has 2 unspecified atom stereocenters. The Hall–Kier alpha value is -3.47. The fourth-order valence-corrected chi connectivity index (χ4v) is 9.23. The number of nitrogens with one attached hydrogen (secondary N) is 1. The summed E-state index contributed by atoms with van der Waals surface area (Å²) in [6.07, 6.45) is 102. The zero-order chi connectivity index (χ0) is 54.8. The van der Waals surface area contributed by atoms with Gasteiger partial charge in [-0.1, -0.05) is 314 Å². The topological polar surface area (TPSA) is 69.6 Å². The summed E-state index contributed by atoms with van der Waals surface area (Å²) in [5.41, 5.74) is 0. The first-order valence-corrected chi connectivity index (χ1v) is 32.4. The first-order chi connectivity index (χ1) is 37.7. The van der Waals surface area contributed by atoms with Crippen LogP contribution in [-0.4, -0.2) is 34.9 Å². The summed E-state index contributed by atoms with van der Waals surface area (Å²) in [7, 11) is 0. The molecule has 0 rings (SSSR count). The molecule has 0 aromatic heterocycles. The van der Waals surface area contributed by atoms with Crippen molar-refractivity contribution in [2.24, 2.45) is 0 Å². The summed E-state index contributed by atoms with van der Waals surface area (Å²) < 4.78 is 0. The Labute approximate surface area is 472 Å². The minimum atomic E-state index is -0.889. The summed E-state index contributed by atoms with van der Waals surface area (Å²) >= 11 is 0. The number of allylic oxidation sites excluding steroid dienone is 21. The van der Waals surface area contributed by atoms with Gasteiger partial charge in [0.05, 0.1) is 18.8 Å². The highest BCUT2D eigenvalue weighted by molar-refractivity contribution is 5.76. The third kappa shape index (κ3) is 61.4. The van der Waals surface area contributed by atoms with Crippen molar-refractivity contribution in [3.8, 4) is 0 Å². The van der Waals surface area contributed by atoms with Crippen molar-refractivity contribution in [2.75, 3.05) is 6.61 Å². The standard InChI is InChI=1S/C72H123NO3/c1-3-5-7-9-11-13-15-17-19-21-23-25-27-29-31-33-35-36-38-39-41-43-45-47-49-51-53-55-57-59-61-63-65-67-71(75)70(69-74)73-72(76)68-66-64-62-60-58-56-54-52-50-48-46-44-42-40-37-34-32-30-28-26-24-22-20-18-16-14-12-10-8-6-4-2/h6,8,12,14,18,20,24,26,30,32,37,40,44,46,49-52,57,59,65,67,70-71,74-75H,3-5,7,9-11,13,15-17,19,21-23,25,27-29,31,33-36,38-39,41-43,45,47-48,53-56,58,60-64,66,68-69H2,1-2H3,(H,73,76)/b8-6-,14-12-,20-18-,26-24-,32-30-,40-37-,46-44-,51-49+,52-50-,59-57+,67-65+. The van der Waals surface area contributed by atoms with Crippen LogP contribution in [0.5, 0.6) is 0 Å². The van der Waals surface area contributed by atoms with E-state index >= 15 is 0 Å². The molecule has 0 aliphatic carbocycles. The minimum absolute atomic E-state index is 0.0961. The Balaban J connectivity index is 3.63. The van der Waals surface area contributed by atoms with E-state index in [2.05, 4.69) is 141 Å². The minimum Gasteiger partial charge on any atom is -0.394 e. The highest BCUT2D eigenvalue weighted by Gasteiger charge is 2.18. The number of hydrogen-bond acceptors (Lipinski definition) is 3. The Morgan fingerprint density at radius 3 is 0.921 bits per heavy atom. The maximum Gasteiger partial charge on any atom is 0.220 e. The van der Waals surface area contributed by atoms with E-state index in [9.17, 15) is 15.0 Å². The molecule has 0 aliphatic rings. The maximum absolute atomic E-state index is 12.5. The zero-order valence-corrected chi connectivity index (χ0v) is 50.0. The molecule has 0 bridgehead atoms. The second-order valence-electron chi connectivity index (χ2n) is 21.4. The van der Waals surface area contributed by atoms with Crippen molar-refractivity contribution in [3.63, 3.8) is 0 Å². The van der Waals surface area contributed by atoms with Gasteiger partial charge < -0.3 is 15.5 Å². The first-order valence-electron chi connectivity index (χ1n) is 32.4. The van der Waals surface area contributed by atoms with Crippen molar-refractivity contribution in [2.45, 2.75) is 309 Å². The van der Waals surface area contributed by atoms with Crippen LogP contribution in [0.1, 0.15) is 296 Å². The third-order valence-electron chi connectivity index (χ3n) is 14.1. The molecule has 3 N–H and O–H groups in total. The van der Waals surface area contributed by atoms with Gasteiger partial charge in [-0.25, -0.2) is 0 Å². The molecule has 0 aromatic rings. The van der Waals surface area contributed by atoms with Crippen LogP contribution < -0.4 is 5.32 Å². The molecule has 2 atom stereocenters. The summed E-state index contributed by atoms with van der Waals surface area (Å²) in [6, 6.07) is -0.666. The van der Waals surface area contributed by atoms with Crippen LogP contribution in [0.3, 0.4) is 0 Å². The molecule has 434 valence electrons. The molecular formula is C72H123NO3. The largest absolute Gasteiger partial charge is 0.394 e. The van der Waals surface area contributed by atoms with Crippen LogP contribution >= 0.6 is 0 Å². The van der Waals surface area contributed by atoms with Crippen LogP contribution in [0.2, 0.25) is 0 Å². The Bertz CT molecular complexity index is 1520. The van der Waals surface area contributed by atoms with Crippen molar-refractivity contribution in [1.82, 2.24) is 5.32 Å². The molecule has 1 amide bonds. The van der Waals surface area contributed by atoms with Gasteiger partial charge in [-0.2, -0.15) is 0 Å². The van der Waals surface area contributed by atoms with E-state index < -0.39 is 12.1 Å². The van der Waals surface area contributed by atoms with E-state index in [1.165, 1.54) is 173 Å². The number of hydrogen-bond donors (Lipinski definition) is 3. The maximum atomic E-state index is 12.5. The van der Waals surface area contributed by atoms with Crippen LogP contribution in [0.4, 0.5) is 0 Å². The number of amides is 1. The van der Waals surface area contributed by atoms with Gasteiger partial charge in [-0.3, -0.25) is 4.79 Å². The predicted molar refractivity (Wildman–Crippen MR) is 340 cm³/mol. The number of aliphatic hydroxyl groups excluding tert-OH is 2. The molecule has 0 saturated carbocycles. The fourth-order valence-electron chi connectivity index (χ4n) is 9.23. The molecule has 4 heteroatoms. The van der Waals surface area contributed by atoms with Crippen LogP contribution in [-0.2, 0) is 4.79 Å². The summed E-state index contributed by atoms with van der Waals surface area (Å²) in [6.45, 7) is 4.19. The van der Waals surface area contributed by atoms with Gasteiger partial charge in [0, 0.05) is 6.42 Å². The molecule has 0 fully saturated rings. The van der Waals surface area contributed by atoms with Gasteiger partial charge in [0.25, 0.3) is 0 Å². The second-order valence-corrected chi connectivity index (χ2v) is 21.4. The molecule has 0 spiro atoms. The van der Waals surface area contributed by atoms with Gasteiger partial charge >= 0.3 is 0 Å². The van der Waals surface area contributed by atoms with Crippen molar-refractivity contribution < 1.29 is 15.0 Å². The molecule has 0 heterocycles. The SMILES string of the molecule is CC/C=C\C/C=C\C/C=C\C/C=C\C/C=C\C/C=C\C/C=C\C/C=C\CCCCCCCCC(=O)NC(CO)C(O)/C=C/CC/C=C/CC/C=C/CCCCCCCCCCCCCCCCCCCCCCCCC. The van der Waals surface area contributed by atoms with Gasteiger partial charge in [-0.05, 0) is 109 Å².